The van der Waals surface area contributed by atoms with E-state index in [1.807, 2.05) is 51.1 Å². The van der Waals surface area contributed by atoms with Gasteiger partial charge in [0.1, 0.15) is 5.60 Å². The smallest absolute Gasteiger partial charge is 0.410 e. The minimum Gasteiger partial charge on any atom is -0.444 e. The van der Waals surface area contributed by atoms with Crippen LogP contribution in [-0.4, -0.2) is 63.4 Å². The molecule has 2 aromatic rings. The molecule has 0 N–H and O–H groups in total. The minimum atomic E-state index is -0.516. The molecule has 2 heterocycles. The van der Waals surface area contributed by atoms with Crippen LogP contribution in [0.4, 0.5) is 4.79 Å². The molecule has 0 saturated carbocycles. The molecule has 0 radical (unpaired) electrons. The second-order valence-corrected chi connectivity index (χ2v) is 7.67. The van der Waals surface area contributed by atoms with E-state index in [9.17, 15) is 9.59 Å². The number of benzene rings is 1. The highest BCUT2D eigenvalue weighted by molar-refractivity contribution is 5.93. The molecular weight excluding hydrogens is 344 g/mol. The highest BCUT2D eigenvalue weighted by atomic mass is 16.6. The molecule has 144 valence electrons. The summed E-state index contributed by atoms with van der Waals surface area (Å²) in [5.41, 5.74) is 1.18. The molecule has 0 bridgehead atoms. The zero-order valence-corrected chi connectivity index (χ0v) is 16.1. The van der Waals surface area contributed by atoms with Crippen LogP contribution in [0.25, 0.3) is 0 Å². The summed E-state index contributed by atoms with van der Waals surface area (Å²) in [6.07, 6.45) is 3.05. The van der Waals surface area contributed by atoms with E-state index in [0.717, 1.165) is 5.56 Å². The van der Waals surface area contributed by atoms with E-state index in [-0.39, 0.29) is 12.0 Å². The van der Waals surface area contributed by atoms with Crippen LogP contribution in [0.2, 0.25) is 0 Å². The van der Waals surface area contributed by atoms with Crippen LogP contribution in [0.5, 0.6) is 0 Å². The molecule has 2 amide bonds. The van der Waals surface area contributed by atoms with Gasteiger partial charge in [0.05, 0.1) is 18.3 Å². The zero-order valence-electron chi connectivity index (χ0n) is 16.1. The SMILES string of the molecule is CC(C)(C)OC(=O)N1CCN(C(=O)c2cnn(Cc3ccccc3)c2)CC1. The summed E-state index contributed by atoms with van der Waals surface area (Å²) in [6, 6.07) is 9.99. The van der Waals surface area contributed by atoms with Gasteiger partial charge in [-0.3, -0.25) is 9.48 Å². The van der Waals surface area contributed by atoms with Crippen LogP contribution < -0.4 is 0 Å². The van der Waals surface area contributed by atoms with E-state index in [0.29, 0.717) is 38.3 Å². The Morgan fingerprint density at radius 1 is 1.04 bits per heavy atom. The quantitative estimate of drug-likeness (QED) is 0.833. The van der Waals surface area contributed by atoms with Crippen molar-refractivity contribution in [2.24, 2.45) is 0 Å². The number of hydrogen-bond donors (Lipinski definition) is 0. The van der Waals surface area contributed by atoms with Crippen LogP contribution in [-0.2, 0) is 11.3 Å². The lowest BCUT2D eigenvalue weighted by atomic mass is 10.2. The third-order valence-electron chi connectivity index (χ3n) is 4.29. The third kappa shape index (κ3) is 5.09. The van der Waals surface area contributed by atoms with Crippen LogP contribution in [0.15, 0.2) is 42.7 Å². The molecular formula is C20H26N4O3. The van der Waals surface area contributed by atoms with E-state index in [4.69, 9.17) is 4.74 Å². The summed E-state index contributed by atoms with van der Waals surface area (Å²) >= 11 is 0. The van der Waals surface area contributed by atoms with Crippen LogP contribution in [0.1, 0.15) is 36.7 Å². The first-order chi connectivity index (χ1) is 12.8. The summed E-state index contributed by atoms with van der Waals surface area (Å²) in [7, 11) is 0. The number of hydrogen-bond acceptors (Lipinski definition) is 4. The Morgan fingerprint density at radius 3 is 2.30 bits per heavy atom. The van der Waals surface area contributed by atoms with E-state index in [2.05, 4.69) is 5.10 Å². The van der Waals surface area contributed by atoms with Crippen LogP contribution in [0, 0.1) is 0 Å². The second-order valence-electron chi connectivity index (χ2n) is 7.67. The first kappa shape index (κ1) is 18.9. The largest absolute Gasteiger partial charge is 0.444 e. The van der Waals surface area contributed by atoms with Gasteiger partial charge in [0, 0.05) is 32.4 Å². The molecule has 0 aliphatic carbocycles. The van der Waals surface area contributed by atoms with Gasteiger partial charge in [0.2, 0.25) is 0 Å². The number of carbonyl (C=O) groups excluding carboxylic acids is 2. The van der Waals surface area contributed by atoms with Crippen molar-refractivity contribution in [2.45, 2.75) is 32.9 Å². The topological polar surface area (TPSA) is 67.7 Å². The Bertz CT molecular complexity index is 787. The number of carbonyl (C=O) groups is 2. The number of ether oxygens (including phenoxy) is 1. The Kier molecular flexibility index (Phi) is 5.48. The molecule has 1 fully saturated rings. The minimum absolute atomic E-state index is 0.0573. The van der Waals surface area contributed by atoms with E-state index in [1.165, 1.54) is 0 Å². The fourth-order valence-electron chi connectivity index (χ4n) is 2.93. The summed E-state index contributed by atoms with van der Waals surface area (Å²) in [5, 5.41) is 4.30. The highest BCUT2D eigenvalue weighted by Crippen LogP contribution is 2.14. The molecule has 1 aromatic carbocycles. The molecule has 27 heavy (non-hydrogen) atoms. The fourth-order valence-corrected chi connectivity index (χ4v) is 2.93. The lowest BCUT2D eigenvalue weighted by Gasteiger charge is -2.35. The maximum absolute atomic E-state index is 12.7. The Hall–Kier alpha value is -2.83. The monoisotopic (exact) mass is 370 g/mol. The van der Waals surface area contributed by atoms with Gasteiger partial charge < -0.3 is 14.5 Å². The molecule has 7 heteroatoms. The molecule has 3 rings (SSSR count). The van der Waals surface area contributed by atoms with Gasteiger partial charge in [-0.1, -0.05) is 30.3 Å². The zero-order chi connectivity index (χ0) is 19.4. The maximum atomic E-state index is 12.7. The van der Waals surface area contributed by atoms with E-state index < -0.39 is 5.60 Å². The van der Waals surface area contributed by atoms with Crippen molar-refractivity contribution in [1.29, 1.82) is 0 Å². The van der Waals surface area contributed by atoms with E-state index in [1.54, 1.807) is 26.9 Å². The summed E-state index contributed by atoms with van der Waals surface area (Å²) in [4.78, 5) is 28.2. The Labute approximate surface area is 159 Å². The number of rotatable bonds is 3. The standard InChI is InChI=1S/C20H26N4O3/c1-20(2,3)27-19(26)23-11-9-22(10-12-23)18(25)17-13-21-24(15-17)14-16-7-5-4-6-8-16/h4-8,13,15H,9-12,14H2,1-3H3. The van der Waals surface area contributed by atoms with Crippen molar-refractivity contribution >= 4 is 12.0 Å². The highest BCUT2D eigenvalue weighted by Gasteiger charge is 2.28. The average molecular weight is 370 g/mol. The third-order valence-corrected chi connectivity index (χ3v) is 4.29. The van der Waals surface area contributed by atoms with Gasteiger partial charge in [-0.15, -0.1) is 0 Å². The molecule has 1 aromatic heterocycles. The van der Waals surface area contributed by atoms with Gasteiger partial charge in [-0.05, 0) is 26.3 Å². The predicted octanol–water partition coefficient (Wildman–Crippen LogP) is 2.62. The van der Waals surface area contributed by atoms with Crippen molar-refractivity contribution in [2.75, 3.05) is 26.2 Å². The lowest BCUT2D eigenvalue weighted by Crippen LogP contribution is -2.51. The van der Waals surface area contributed by atoms with Crippen LogP contribution >= 0.6 is 0 Å². The fraction of sp³-hybridized carbons (Fsp3) is 0.450. The molecule has 1 aliphatic heterocycles. The second kappa shape index (κ2) is 7.82. The summed E-state index contributed by atoms with van der Waals surface area (Å²) < 4.78 is 7.15. The number of amides is 2. The Balaban J connectivity index is 1.54. The van der Waals surface area contributed by atoms with Gasteiger partial charge in [-0.25, -0.2) is 4.79 Å². The van der Waals surface area contributed by atoms with Gasteiger partial charge in [0.15, 0.2) is 0 Å². The first-order valence-electron chi connectivity index (χ1n) is 9.15. The van der Waals surface area contributed by atoms with Crippen molar-refractivity contribution in [3.8, 4) is 0 Å². The molecule has 0 atom stereocenters. The maximum Gasteiger partial charge on any atom is 0.410 e. The van der Waals surface area contributed by atoms with Crippen molar-refractivity contribution < 1.29 is 14.3 Å². The normalized spacial score (nSPS) is 14.9. The predicted molar refractivity (Wildman–Crippen MR) is 101 cm³/mol. The van der Waals surface area contributed by atoms with E-state index >= 15 is 0 Å². The molecule has 1 saturated heterocycles. The number of nitrogens with zero attached hydrogens (tertiary/aromatic N) is 4. The van der Waals surface area contributed by atoms with Gasteiger partial charge >= 0.3 is 6.09 Å². The molecule has 0 unspecified atom stereocenters. The molecule has 0 spiro atoms. The lowest BCUT2D eigenvalue weighted by molar-refractivity contribution is 0.0141. The van der Waals surface area contributed by atoms with Crippen molar-refractivity contribution in [3.63, 3.8) is 0 Å². The van der Waals surface area contributed by atoms with Crippen LogP contribution in [0.3, 0.4) is 0 Å². The number of piperazine rings is 1. The number of aromatic nitrogens is 2. The van der Waals surface area contributed by atoms with Gasteiger partial charge in [0.25, 0.3) is 5.91 Å². The summed E-state index contributed by atoms with van der Waals surface area (Å²) in [5.74, 6) is -0.0573. The summed E-state index contributed by atoms with van der Waals surface area (Å²) in [6.45, 7) is 8.08. The molecule has 1 aliphatic rings. The Morgan fingerprint density at radius 2 is 1.67 bits per heavy atom. The van der Waals surface area contributed by atoms with Gasteiger partial charge in [-0.2, -0.15) is 5.10 Å². The van der Waals surface area contributed by atoms with Crippen molar-refractivity contribution in [1.82, 2.24) is 19.6 Å². The average Bonchev–Trinajstić information content (AvgIpc) is 3.09. The van der Waals surface area contributed by atoms with Crippen molar-refractivity contribution in [3.05, 3.63) is 53.9 Å². The molecule has 7 nitrogen and oxygen atoms in total. The first-order valence-corrected chi connectivity index (χ1v) is 9.15.